The number of halogens is 1. The third-order valence-corrected chi connectivity index (χ3v) is 5.11. The van der Waals surface area contributed by atoms with E-state index >= 15 is 0 Å². The number of rotatable bonds is 8. The maximum absolute atomic E-state index is 4.65. The van der Waals surface area contributed by atoms with E-state index in [1.165, 1.54) is 50.2 Å². The first-order chi connectivity index (χ1) is 11.3. The Morgan fingerprint density at radius 1 is 1.38 bits per heavy atom. The molecule has 1 aliphatic rings. The summed E-state index contributed by atoms with van der Waals surface area (Å²) in [5.74, 6) is 1.82. The zero-order valence-electron chi connectivity index (χ0n) is 15.1. The number of aliphatic imine (C=N–C) groups is 1. The van der Waals surface area contributed by atoms with Crippen LogP contribution in [-0.4, -0.2) is 43.6 Å². The minimum Gasteiger partial charge on any atom is -0.357 e. The number of hydrogen-bond acceptors (Lipinski definition) is 3. The van der Waals surface area contributed by atoms with Crippen molar-refractivity contribution in [3.05, 3.63) is 22.4 Å². The van der Waals surface area contributed by atoms with Crippen LogP contribution >= 0.6 is 35.3 Å². The fourth-order valence-corrected chi connectivity index (χ4v) is 3.69. The van der Waals surface area contributed by atoms with E-state index in [1.807, 2.05) is 0 Å². The third kappa shape index (κ3) is 8.67. The van der Waals surface area contributed by atoms with Crippen LogP contribution in [0, 0.1) is 5.92 Å². The summed E-state index contributed by atoms with van der Waals surface area (Å²) in [4.78, 5) is 8.58. The summed E-state index contributed by atoms with van der Waals surface area (Å²) in [6.07, 6.45) is 5.25. The largest absolute Gasteiger partial charge is 0.357 e. The number of thiophene rings is 1. The number of hydrogen-bond donors (Lipinski definition) is 2. The Hall–Kier alpha value is -0.340. The normalized spacial score (nSPS) is 18.9. The molecule has 0 bridgehead atoms. The van der Waals surface area contributed by atoms with Gasteiger partial charge in [0.1, 0.15) is 0 Å². The highest BCUT2D eigenvalue weighted by Crippen LogP contribution is 2.15. The molecule has 24 heavy (non-hydrogen) atoms. The molecule has 2 heterocycles. The van der Waals surface area contributed by atoms with Gasteiger partial charge in [-0.3, -0.25) is 0 Å². The summed E-state index contributed by atoms with van der Waals surface area (Å²) in [5, 5.41) is 8.88. The van der Waals surface area contributed by atoms with E-state index in [1.54, 1.807) is 11.3 Å². The second kappa shape index (κ2) is 12.9. The molecular formula is C18H33IN4S. The first-order valence-corrected chi connectivity index (χ1v) is 9.92. The Balaban J connectivity index is 0.00000288. The fourth-order valence-electron chi connectivity index (χ4n) is 3.06. The highest BCUT2D eigenvalue weighted by atomic mass is 127. The van der Waals surface area contributed by atoms with Crippen LogP contribution in [0.2, 0.25) is 0 Å². The van der Waals surface area contributed by atoms with E-state index in [0.717, 1.165) is 31.5 Å². The predicted octanol–water partition coefficient (Wildman–Crippen LogP) is 3.93. The lowest BCUT2D eigenvalue weighted by Crippen LogP contribution is -2.38. The monoisotopic (exact) mass is 464 g/mol. The minimum absolute atomic E-state index is 0. The molecular weight excluding hydrogens is 431 g/mol. The molecule has 0 spiro atoms. The van der Waals surface area contributed by atoms with Gasteiger partial charge in [0.2, 0.25) is 0 Å². The average Bonchev–Trinajstić information content (AvgIpc) is 3.05. The highest BCUT2D eigenvalue weighted by molar-refractivity contribution is 14.0. The van der Waals surface area contributed by atoms with Gasteiger partial charge in [-0.2, -0.15) is 0 Å². The number of piperidine rings is 1. The van der Waals surface area contributed by atoms with Crippen LogP contribution in [0.4, 0.5) is 0 Å². The van der Waals surface area contributed by atoms with Gasteiger partial charge in [-0.15, -0.1) is 35.3 Å². The van der Waals surface area contributed by atoms with Gasteiger partial charge in [-0.05, 0) is 63.1 Å². The highest BCUT2D eigenvalue weighted by Gasteiger charge is 2.15. The first kappa shape index (κ1) is 21.7. The van der Waals surface area contributed by atoms with Crippen molar-refractivity contribution in [1.29, 1.82) is 0 Å². The Labute approximate surface area is 168 Å². The first-order valence-electron chi connectivity index (χ1n) is 9.05. The molecule has 1 unspecified atom stereocenters. The van der Waals surface area contributed by atoms with Crippen molar-refractivity contribution in [1.82, 2.24) is 15.5 Å². The fraction of sp³-hybridized carbons (Fsp3) is 0.722. The van der Waals surface area contributed by atoms with Gasteiger partial charge >= 0.3 is 0 Å². The molecule has 0 radical (unpaired) electrons. The molecule has 2 N–H and O–H groups in total. The van der Waals surface area contributed by atoms with E-state index in [9.17, 15) is 0 Å². The molecule has 1 aliphatic heterocycles. The molecule has 1 saturated heterocycles. The predicted molar refractivity (Wildman–Crippen MR) is 117 cm³/mol. The van der Waals surface area contributed by atoms with Crippen molar-refractivity contribution in [2.24, 2.45) is 10.9 Å². The van der Waals surface area contributed by atoms with Crippen LogP contribution in [0.25, 0.3) is 0 Å². The molecule has 2 rings (SSSR count). The van der Waals surface area contributed by atoms with Crippen molar-refractivity contribution < 1.29 is 0 Å². The van der Waals surface area contributed by atoms with Crippen LogP contribution in [0.3, 0.4) is 0 Å². The van der Waals surface area contributed by atoms with Gasteiger partial charge in [0.15, 0.2) is 5.96 Å². The molecule has 138 valence electrons. The Kier molecular flexibility index (Phi) is 11.7. The summed E-state index contributed by atoms with van der Waals surface area (Å²) >= 11 is 1.76. The number of guanidine groups is 1. The summed E-state index contributed by atoms with van der Waals surface area (Å²) in [5.41, 5.74) is 0. The number of likely N-dealkylation sites (tertiary alicyclic amines) is 1. The zero-order valence-corrected chi connectivity index (χ0v) is 18.2. The maximum atomic E-state index is 4.65. The van der Waals surface area contributed by atoms with E-state index in [4.69, 9.17) is 0 Å². The maximum Gasteiger partial charge on any atom is 0.191 e. The topological polar surface area (TPSA) is 39.7 Å². The SMILES string of the molecule is CCNC(=NCc1cccs1)NCCCCN1CCCC(C)C1.I. The van der Waals surface area contributed by atoms with E-state index in [-0.39, 0.29) is 24.0 Å². The standard InChI is InChI=1S/C18H32N4S.HI/c1-3-19-18(21-14-17-9-7-13-23-17)20-10-4-5-11-22-12-6-8-16(2)15-22;/h7,9,13,16H,3-6,8,10-12,14-15H2,1-2H3,(H2,19,20,21);1H. The molecule has 0 amide bonds. The number of unbranched alkanes of at least 4 members (excludes halogenated alkanes) is 1. The van der Waals surface area contributed by atoms with Crippen molar-refractivity contribution >= 4 is 41.3 Å². The van der Waals surface area contributed by atoms with Crippen LogP contribution in [0.15, 0.2) is 22.5 Å². The minimum atomic E-state index is 0. The van der Waals surface area contributed by atoms with Crippen molar-refractivity contribution in [3.63, 3.8) is 0 Å². The van der Waals surface area contributed by atoms with Gasteiger partial charge in [0, 0.05) is 24.5 Å². The zero-order chi connectivity index (χ0) is 16.3. The second-order valence-electron chi connectivity index (χ2n) is 6.46. The van der Waals surface area contributed by atoms with Crippen LogP contribution < -0.4 is 10.6 Å². The molecule has 0 aliphatic carbocycles. The van der Waals surface area contributed by atoms with Gasteiger partial charge in [0.25, 0.3) is 0 Å². The van der Waals surface area contributed by atoms with Crippen molar-refractivity contribution in [2.75, 3.05) is 32.7 Å². The molecule has 4 nitrogen and oxygen atoms in total. The van der Waals surface area contributed by atoms with E-state index in [2.05, 4.69) is 51.9 Å². The molecule has 1 aromatic heterocycles. The van der Waals surface area contributed by atoms with E-state index < -0.39 is 0 Å². The molecule has 1 fully saturated rings. The Morgan fingerprint density at radius 3 is 2.96 bits per heavy atom. The molecule has 1 aromatic rings. The van der Waals surface area contributed by atoms with Crippen molar-refractivity contribution in [3.8, 4) is 0 Å². The number of nitrogens with one attached hydrogen (secondary N) is 2. The third-order valence-electron chi connectivity index (χ3n) is 4.25. The smallest absolute Gasteiger partial charge is 0.191 e. The Morgan fingerprint density at radius 2 is 2.25 bits per heavy atom. The second-order valence-corrected chi connectivity index (χ2v) is 7.49. The van der Waals surface area contributed by atoms with Crippen LogP contribution in [0.1, 0.15) is 44.4 Å². The molecule has 0 aromatic carbocycles. The van der Waals surface area contributed by atoms with Gasteiger partial charge < -0.3 is 15.5 Å². The molecule has 1 atom stereocenters. The van der Waals surface area contributed by atoms with Crippen molar-refractivity contribution in [2.45, 2.75) is 46.1 Å². The van der Waals surface area contributed by atoms with Gasteiger partial charge in [-0.1, -0.05) is 13.0 Å². The lowest BCUT2D eigenvalue weighted by Gasteiger charge is -2.30. The number of nitrogens with zero attached hydrogens (tertiary/aromatic N) is 2. The average molecular weight is 464 g/mol. The van der Waals surface area contributed by atoms with Gasteiger partial charge in [-0.25, -0.2) is 4.99 Å². The lowest BCUT2D eigenvalue weighted by molar-refractivity contribution is 0.181. The van der Waals surface area contributed by atoms with Crippen LogP contribution in [0.5, 0.6) is 0 Å². The Bertz CT molecular complexity index is 450. The summed E-state index contributed by atoms with van der Waals surface area (Å²) in [7, 11) is 0. The molecule has 0 saturated carbocycles. The van der Waals surface area contributed by atoms with Gasteiger partial charge in [0.05, 0.1) is 6.54 Å². The van der Waals surface area contributed by atoms with Crippen LogP contribution in [-0.2, 0) is 6.54 Å². The molecule has 6 heteroatoms. The summed E-state index contributed by atoms with van der Waals surface area (Å²) < 4.78 is 0. The lowest BCUT2D eigenvalue weighted by atomic mass is 10.0. The summed E-state index contributed by atoms with van der Waals surface area (Å²) in [6.45, 7) is 11.0. The quantitative estimate of drug-likeness (QED) is 0.265. The van der Waals surface area contributed by atoms with E-state index in [0.29, 0.717) is 0 Å². The summed E-state index contributed by atoms with van der Waals surface area (Å²) in [6, 6.07) is 4.22.